The SMILES string of the molecule is COC(=O)c1cnc(NC2CCNC2)nc1. The van der Waals surface area contributed by atoms with Gasteiger partial charge < -0.3 is 15.4 Å². The van der Waals surface area contributed by atoms with Gasteiger partial charge in [0.05, 0.1) is 12.7 Å². The first kappa shape index (κ1) is 10.8. The molecule has 6 nitrogen and oxygen atoms in total. The number of aromatic nitrogens is 2. The van der Waals surface area contributed by atoms with E-state index in [0.717, 1.165) is 19.5 Å². The van der Waals surface area contributed by atoms with Gasteiger partial charge in [0.15, 0.2) is 0 Å². The van der Waals surface area contributed by atoms with Gasteiger partial charge in [-0.3, -0.25) is 0 Å². The summed E-state index contributed by atoms with van der Waals surface area (Å²) in [4.78, 5) is 19.3. The van der Waals surface area contributed by atoms with E-state index in [0.29, 0.717) is 17.6 Å². The molecule has 0 saturated carbocycles. The van der Waals surface area contributed by atoms with E-state index >= 15 is 0 Å². The van der Waals surface area contributed by atoms with Crippen LogP contribution in [0.1, 0.15) is 16.8 Å². The van der Waals surface area contributed by atoms with Gasteiger partial charge in [-0.25, -0.2) is 14.8 Å². The molecule has 0 bridgehead atoms. The Morgan fingerprint density at radius 3 is 2.88 bits per heavy atom. The summed E-state index contributed by atoms with van der Waals surface area (Å²) in [7, 11) is 1.33. The molecule has 16 heavy (non-hydrogen) atoms. The molecular formula is C10H14N4O2. The monoisotopic (exact) mass is 222 g/mol. The normalized spacial score (nSPS) is 19.4. The third kappa shape index (κ3) is 2.46. The molecule has 2 rings (SSSR count). The molecule has 1 fully saturated rings. The van der Waals surface area contributed by atoms with Crippen LogP contribution in [0.4, 0.5) is 5.95 Å². The second-order valence-electron chi connectivity index (χ2n) is 3.62. The van der Waals surface area contributed by atoms with Gasteiger partial charge in [0.25, 0.3) is 0 Å². The Hall–Kier alpha value is -1.69. The maximum absolute atomic E-state index is 11.1. The predicted molar refractivity (Wildman–Crippen MR) is 58.3 cm³/mol. The highest BCUT2D eigenvalue weighted by Gasteiger charge is 2.15. The zero-order valence-electron chi connectivity index (χ0n) is 9.06. The fraction of sp³-hybridized carbons (Fsp3) is 0.500. The topological polar surface area (TPSA) is 76.1 Å². The molecule has 0 amide bonds. The Kier molecular flexibility index (Phi) is 3.31. The summed E-state index contributed by atoms with van der Waals surface area (Å²) in [5.74, 6) is 0.121. The Balaban J connectivity index is 1.98. The van der Waals surface area contributed by atoms with E-state index in [9.17, 15) is 4.79 Å². The summed E-state index contributed by atoms with van der Waals surface area (Å²) in [6.07, 6.45) is 3.98. The van der Waals surface area contributed by atoms with E-state index in [-0.39, 0.29) is 0 Å². The van der Waals surface area contributed by atoms with Gasteiger partial charge in [0.1, 0.15) is 0 Å². The number of carbonyl (C=O) groups excluding carboxylic acids is 1. The Morgan fingerprint density at radius 1 is 1.56 bits per heavy atom. The third-order valence-electron chi connectivity index (χ3n) is 2.47. The first-order valence-electron chi connectivity index (χ1n) is 5.17. The van der Waals surface area contributed by atoms with E-state index < -0.39 is 5.97 Å². The molecule has 0 aliphatic carbocycles. The summed E-state index contributed by atoms with van der Waals surface area (Å²) >= 11 is 0. The number of carbonyl (C=O) groups is 1. The number of anilines is 1. The van der Waals surface area contributed by atoms with Crippen molar-refractivity contribution in [1.82, 2.24) is 15.3 Å². The number of esters is 1. The molecule has 86 valence electrons. The van der Waals surface area contributed by atoms with Crippen LogP contribution >= 0.6 is 0 Å². The molecule has 2 heterocycles. The fourth-order valence-electron chi connectivity index (χ4n) is 1.59. The summed E-state index contributed by atoms with van der Waals surface area (Å²) in [6.45, 7) is 1.93. The van der Waals surface area contributed by atoms with Crippen molar-refractivity contribution in [2.24, 2.45) is 0 Å². The van der Waals surface area contributed by atoms with Crippen molar-refractivity contribution in [3.8, 4) is 0 Å². The van der Waals surface area contributed by atoms with Gasteiger partial charge in [0, 0.05) is 25.0 Å². The van der Waals surface area contributed by atoms with Crippen molar-refractivity contribution in [3.05, 3.63) is 18.0 Å². The molecule has 1 aliphatic heterocycles. The van der Waals surface area contributed by atoms with Crippen LogP contribution in [0.3, 0.4) is 0 Å². The lowest BCUT2D eigenvalue weighted by Crippen LogP contribution is -2.23. The number of ether oxygens (including phenoxy) is 1. The Morgan fingerprint density at radius 2 is 2.31 bits per heavy atom. The van der Waals surface area contributed by atoms with Crippen LogP contribution in [-0.2, 0) is 4.74 Å². The van der Waals surface area contributed by atoms with Crippen LogP contribution in [-0.4, -0.2) is 42.2 Å². The number of hydrogen-bond acceptors (Lipinski definition) is 6. The minimum Gasteiger partial charge on any atom is -0.465 e. The van der Waals surface area contributed by atoms with E-state index in [1.807, 2.05) is 0 Å². The molecule has 0 radical (unpaired) electrons. The van der Waals surface area contributed by atoms with Crippen LogP contribution < -0.4 is 10.6 Å². The van der Waals surface area contributed by atoms with Crippen molar-refractivity contribution in [3.63, 3.8) is 0 Å². The zero-order chi connectivity index (χ0) is 11.4. The first-order valence-corrected chi connectivity index (χ1v) is 5.17. The number of rotatable bonds is 3. The summed E-state index contributed by atoms with van der Waals surface area (Å²) < 4.78 is 4.56. The molecular weight excluding hydrogens is 208 g/mol. The van der Waals surface area contributed by atoms with Crippen LogP contribution in [0.2, 0.25) is 0 Å². The minimum atomic E-state index is -0.422. The fourth-order valence-corrected chi connectivity index (χ4v) is 1.59. The minimum absolute atomic E-state index is 0.359. The Labute approximate surface area is 93.4 Å². The predicted octanol–water partition coefficient (Wildman–Crippen LogP) is 0.0370. The molecule has 1 unspecified atom stereocenters. The van der Waals surface area contributed by atoms with Crippen molar-refractivity contribution >= 4 is 11.9 Å². The highest BCUT2D eigenvalue weighted by Crippen LogP contribution is 2.06. The number of nitrogens with zero attached hydrogens (tertiary/aromatic N) is 2. The summed E-state index contributed by atoms with van der Waals surface area (Å²) in [5, 5.41) is 6.43. The highest BCUT2D eigenvalue weighted by atomic mass is 16.5. The quantitative estimate of drug-likeness (QED) is 0.703. The van der Waals surface area contributed by atoms with Crippen molar-refractivity contribution in [2.75, 3.05) is 25.5 Å². The average molecular weight is 222 g/mol. The first-order chi connectivity index (χ1) is 7.79. The van der Waals surface area contributed by atoms with Crippen molar-refractivity contribution < 1.29 is 9.53 Å². The molecule has 1 saturated heterocycles. The lowest BCUT2D eigenvalue weighted by atomic mass is 10.3. The van der Waals surface area contributed by atoms with Gasteiger partial charge in [-0.1, -0.05) is 0 Å². The Bertz CT molecular complexity index is 360. The van der Waals surface area contributed by atoms with E-state index in [1.54, 1.807) is 0 Å². The molecule has 1 atom stereocenters. The average Bonchev–Trinajstić information content (AvgIpc) is 2.82. The van der Waals surface area contributed by atoms with Gasteiger partial charge in [0.2, 0.25) is 5.95 Å². The zero-order valence-corrected chi connectivity index (χ0v) is 9.06. The molecule has 6 heteroatoms. The largest absolute Gasteiger partial charge is 0.465 e. The molecule has 1 aliphatic rings. The lowest BCUT2D eigenvalue weighted by Gasteiger charge is -2.10. The maximum atomic E-state index is 11.1. The smallest absolute Gasteiger partial charge is 0.341 e. The van der Waals surface area contributed by atoms with Crippen LogP contribution in [0.15, 0.2) is 12.4 Å². The van der Waals surface area contributed by atoms with Crippen LogP contribution in [0.5, 0.6) is 0 Å². The van der Waals surface area contributed by atoms with Crippen LogP contribution in [0.25, 0.3) is 0 Å². The molecule has 0 spiro atoms. The molecule has 2 N–H and O–H groups in total. The van der Waals surface area contributed by atoms with Crippen LogP contribution in [0, 0.1) is 0 Å². The van der Waals surface area contributed by atoms with Gasteiger partial charge >= 0.3 is 5.97 Å². The van der Waals surface area contributed by atoms with E-state index in [4.69, 9.17) is 0 Å². The van der Waals surface area contributed by atoms with Gasteiger partial charge in [-0.15, -0.1) is 0 Å². The highest BCUT2D eigenvalue weighted by molar-refractivity contribution is 5.88. The summed E-state index contributed by atoms with van der Waals surface area (Å²) in [6, 6.07) is 0.365. The van der Waals surface area contributed by atoms with E-state index in [2.05, 4.69) is 25.3 Å². The maximum Gasteiger partial charge on any atom is 0.341 e. The standard InChI is InChI=1S/C10H14N4O2/c1-16-9(15)7-4-12-10(13-5-7)14-8-2-3-11-6-8/h4-5,8,11H,2-3,6H2,1H3,(H,12,13,14). The second kappa shape index (κ2) is 4.89. The lowest BCUT2D eigenvalue weighted by molar-refractivity contribution is 0.0600. The van der Waals surface area contributed by atoms with Gasteiger partial charge in [-0.05, 0) is 13.0 Å². The van der Waals surface area contributed by atoms with Gasteiger partial charge in [-0.2, -0.15) is 0 Å². The third-order valence-corrected chi connectivity index (χ3v) is 2.47. The van der Waals surface area contributed by atoms with E-state index in [1.165, 1.54) is 19.5 Å². The van der Waals surface area contributed by atoms with Crippen molar-refractivity contribution in [2.45, 2.75) is 12.5 Å². The second-order valence-corrected chi connectivity index (χ2v) is 3.62. The number of methoxy groups -OCH3 is 1. The molecule has 1 aromatic heterocycles. The molecule has 1 aromatic rings. The molecule has 0 aromatic carbocycles. The number of nitrogens with one attached hydrogen (secondary N) is 2. The number of hydrogen-bond donors (Lipinski definition) is 2. The summed E-state index contributed by atoms with van der Waals surface area (Å²) in [5.41, 5.74) is 0.359. The van der Waals surface area contributed by atoms with Crippen molar-refractivity contribution in [1.29, 1.82) is 0 Å².